The SMILES string of the molecule is CCc1c[c]ccc1C=Cc1nccnc1Cl. The summed E-state index contributed by atoms with van der Waals surface area (Å²) in [4.78, 5) is 8.14. The maximum absolute atomic E-state index is 5.93. The molecule has 2 nitrogen and oxygen atoms in total. The molecular weight excluding hydrogens is 232 g/mol. The molecule has 0 bridgehead atoms. The molecule has 0 N–H and O–H groups in total. The molecule has 0 saturated heterocycles. The maximum atomic E-state index is 5.93. The summed E-state index contributed by atoms with van der Waals surface area (Å²) >= 11 is 5.93. The van der Waals surface area contributed by atoms with E-state index < -0.39 is 0 Å². The average Bonchev–Trinajstić information content (AvgIpc) is 2.38. The lowest BCUT2D eigenvalue weighted by molar-refractivity contribution is 1.13. The number of hydrogen-bond acceptors (Lipinski definition) is 2. The van der Waals surface area contributed by atoms with E-state index in [0.29, 0.717) is 10.8 Å². The van der Waals surface area contributed by atoms with Crippen molar-refractivity contribution in [3.05, 3.63) is 58.6 Å². The van der Waals surface area contributed by atoms with E-state index in [-0.39, 0.29) is 0 Å². The van der Waals surface area contributed by atoms with Crippen LogP contribution in [0.15, 0.2) is 30.6 Å². The monoisotopic (exact) mass is 243 g/mol. The zero-order valence-electron chi connectivity index (χ0n) is 9.52. The third-order valence-electron chi connectivity index (χ3n) is 2.47. The lowest BCUT2D eigenvalue weighted by Crippen LogP contribution is -1.87. The van der Waals surface area contributed by atoms with Gasteiger partial charge in [-0.2, -0.15) is 0 Å². The number of hydrogen-bond donors (Lipinski definition) is 0. The Morgan fingerprint density at radius 3 is 2.88 bits per heavy atom. The minimum Gasteiger partial charge on any atom is -0.252 e. The van der Waals surface area contributed by atoms with Crippen LogP contribution in [-0.4, -0.2) is 9.97 Å². The number of nitrogens with zero attached hydrogens (tertiary/aromatic N) is 2. The number of rotatable bonds is 3. The number of benzene rings is 1. The van der Waals surface area contributed by atoms with Crippen LogP contribution in [0, 0.1) is 6.07 Å². The van der Waals surface area contributed by atoms with E-state index in [4.69, 9.17) is 11.6 Å². The first-order valence-corrected chi connectivity index (χ1v) is 5.82. The number of aryl methyl sites for hydroxylation is 1. The molecule has 0 amide bonds. The second-order valence-electron chi connectivity index (χ2n) is 3.54. The molecule has 2 rings (SSSR count). The highest BCUT2D eigenvalue weighted by Gasteiger charge is 1.98. The van der Waals surface area contributed by atoms with Crippen molar-refractivity contribution in [2.75, 3.05) is 0 Å². The van der Waals surface area contributed by atoms with Crippen LogP contribution in [0.5, 0.6) is 0 Å². The molecule has 0 aliphatic heterocycles. The predicted octanol–water partition coefficient (Wildman–Crippen LogP) is 3.66. The Morgan fingerprint density at radius 2 is 2.12 bits per heavy atom. The lowest BCUT2D eigenvalue weighted by Gasteiger charge is -2.01. The molecule has 17 heavy (non-hydrogen) atoms. The Balaban J connectivity index is 2.29. The van der Waals surface area contributed by atoms with E-state index in [1.807, 2.05) is 30.4 Å². The van der Waals surface area contributed by atoms with Gasteiger partial charge >= 0.3 is 0 Å². The zero-order chi connectivity index (χ0) is 12.1. The van der Waals surface area contributed by atoms with Crippen LogP contribution in [0.3, 0.4) is 0 Å². The smallest absolute Gasteiger partial charge is 0.154 e. The van der Waals surface area contributed by atoms with Crippen LogP contribution in [-0.2, 0) is 6.42 Å². The van der Waals surface area contributed by atoms with Crippen molar-refractivity contribution >= 4 is 23.8 Å². The Hall–Kier alpha value is -1.67. The van der Waals surface area contributed by atoms with E-state index in [1.165, 1.54) is 5.56 Å². The molecule has 0 saturated carbocycles. The predicted molar refractivity (Wildman–Crippen MR) is 70.6 cm³/mol. The Morgan fingerprint density at radius 1 is 1.29 bits per heavy atom. The topological polar surface area (TPSA) is 25.8 Å². The fourth-order valence-electron chi connectivity index (χ4n) is 1.56. The molecule has 1 aromatic heterocycles. The minimum atomic E-state index is 0.421. The molecule has 1 aromatic carbocycles. The second kappa shape index (κ2) is 5.60. The summed E-state index contributed by atoms with van der Waals surface area (Å²) in [5.74, 6) is 0. The summed E-state index contributed by atoms with van der Waals surface area (Å²) in [7, 11) is 0. The first-order chi connectivity index (χ1) is 8.31. The van der Waals surface area contributed by atoms with Gasteiger partial charge in [-0.3, -0.25) is 4.98 Å². The summed E-state index contributed by atoms with van der Waals surface area (Å²) in [6.45, 7) is 2.12. The molecule has 0 fully saturated rings. The standard InChI is InChI=1S/C14H12ClN2/c1-2-11-5-3-4-6-12(11)7-8-13-14(15)17-10-9-16-13/h4-10H,2H2,1H3. The molecule has 0 aliphatic carbocycles. The van der Waals surface area contributed by atoms with E-state index in [9.17, 15) is 0 Å². The van der Waals surface area contributed by atoms with Crippen LogP contribution < -0.4 is 0 Å². The first kappa shape index (κ1) is 11.8. The van der Waals surface area contributed by atoms with Crippen LogP contribution >= 0.6 is 11.6 Å². The quantitative estimate of drug-likeness (QED) is 0.822. The summed E-state index contributed by atoms with van der Waals surface area (Å²) < 4.78 is 0. The van der Waals surface area contributed by atoms with Crippen molar-refractivity contribution in [1.29, 1.82) is 0 Å². The first-order valence-electron chi connectivity index (χ1n) is 5.45. The van der Waals surface area contributed by atoms with Crippen molar-refractivity contribution in [2.24, 2.45) is 0 Å². The summed E-state index contributed by atoms with van der Waals surface area (Å²) in [6.07, 6.45) is 8.07. The summed E-state index contributed by atoms with van der Waals surface area (Å²) in [5.41, 5.74) is 3.10. The highest BCUT2D eigenvalue weighted by atomic mass is 35.5. The molecule has 0 spiro atoms. The summed E-state index contributed by atoms with van der Waals surface area (Å²) in [6, 6.07) is 9.00. The zero-order valence-corrected chi connectivity index (χ0v) is 10.3. The van der Waals surface area contributed by atoms with Gasteiger partial charge < -0.3 is 0 Å². The maximum Gasteiger partial charge on any atom is 0.154 e. The average molecular weight is 244 g/mol. The highest BCUT2D eigenvalue weighted by molar-refractivity contribution is 6.30. The Bertz CT molecular complexity index is 535. The second-order valence-corrected chi connectivity index (χ2v) is 3.90. The van der Waals surface area contributed by atoms with Crippen molar-refractivity contribution in [2.45, 2.75) is 13.3 Å². The van der Waals surface area contributed by atoms with Gasteiger partial charge in [-0.15, -0.1) is 0 Å². The van der Waals surface area contributed by atoms with E-state index in [2.05, 4.69) is 23.0 Å². The third-order valence-corrected chi connectivity index (χ3v) is 2.76. The molecule has 3 heteroatoms. The van der Waals surface area contributed by atoms with Crippen LogP contribution in [0.25, 0.3) is 12.2 Å². The largest absolute Gasteiger partial charge is 0.252 e. The van der Waals surface area contributed by atoms with Gasteiger partial charge in [-0.25, -0.2) is 4.98 Å². The fraction of sp³-hybridized carbons (Fsp3) is 0.143. The molecule has 0 unspecified atom stereocenters. The fourth-order valence-corrected chi connectivity index (χ4v) is 1.73. The van der Waals surface area contributed by atoms with Crippen molar-refractivity contribution < 1.29 is 0 Å². The van der Waals surface area contributed by atoms with Crippen LogP contribution in [0.1, 0.15) is 23.7 Å². The highest BCUT2D eigenvalue weighted by Crippen LogP contribution is 2.15. The van der Waals surface area contributed by atoms with Crippen LogP contribution in [0.4, 0.5) is 0 Å². The van der Waals surface area contributed by atoms with E-state index in [1.54, 1.807) is 12.4 Å². The molecule has 1 radical (unpaired) electrons. The van der Waals surface area contributed by atoms with Gasteiger partial charge in [0, 0.05) is 12.4 Å². The van der Waals surface area contributed by atoms with Gasteiger partial charge in [-0.1, -0.05) is 42.8 Å². The molecule has 0 aliphatic rings. The Kier molecular flexibility index (Phi) is 3.89. The lowest BCUT2D eigenvalue weighted by atomic mass is 10.0. The summed E-state index contributed by atoms with van der Waals surface area (Å²) in [5, 5.41) is 0.421. The third kappa shape index (κ3) is 2.92. The van der Waals surface area contributed by atoms with Crippen molar-refractivity contribution in [1.82, 2.24) is 9.97 Å². The number of aromatic nitrogens is 2. The van der Waals surface area contributed by atoms with Crippen molar-refractivity contribution in [3.8, 4) is 0 Å². The molecule has 0 atom stereocenters. The molecule has 1 heterocycles. The van der Waals surface area contributed by atoms with Crippen LogP contribution in [0.2, 0.25) is 5.15 Å². The van der Waals surface area contributed by atoms with Gasteiger partial charge in [0.1, 0.15) is 5.69 Å². The Labute approximate surface area is 106 Å². The van der Waals surface area contributed by atoms with Gasteiger partial charge in [-0.05, 0) is 29.7 Å². The van der Waals surface area contributed by atoms with Crippen molar-refractivity contribution in [3.63, 3.8) is 0 Å². The molecule has 2 aromatic rings. The van der Waals surface area contributed by atoms with Gasteiger partial charge in [0.05, 0.1) is 0 Å². The molecular formula is C14H12ClN2. The normalized spacial score (nSPS) is 10.9. The number of halogens is 1. The molecule has 85 valence electrons. The van der Waals surface area contributed by atoms with Gasteiger partial charge in [0.2, 0.25) is 0 Å². The van der Waals surface area contributed by atoms with Gasteiger partial charge in [0.25, 0.3) is 0 Å². The minimum absolute atomic E-state index is 0.421. The van der Waals surface area contributed by atoms with Gasteiger partial charge in [0.15, 0.2) is 5.15 Å². The van der Waals surface area contributed by atoms with E-state index in [0.717, 1.165) is 12.0 Å². The van der Waals surface area contributed by atoms with E-state index >= 15 is 0 Å².